The van der Waals surface area contributed by atoms with Gasteiger partial charge in [-0.3, -0.25) is 9.59 Å². The fourth-order valence-corrected chi connectivity index (χ4v) is 2.79. The number of nitrogens with one attached hydrogen (secondary N) is 2. The van der Waals surface area contributed by atoms with Crippen LogP contribution in [-0.2, 0) is 9.53 Å². The van der Waals surface area contributed by atoms with E-state index in [1.54, 1.807) is 30.3 Å². The van der Waals surface area contributed by atoms with Gasteiger partial charge in [-0.25, -0.2) is 0 Å². The summed E-state index contributed by atoms with van der Waals surface area (Å²) in [5.74, 6) is -0.390. The molecule has 1 fully saturated rings. The Morgan fingerprint density at radius 1 is 1.12 bits per heavy atom. The fourth-order valence-electron chi connectivity index (χ4n) is 2.79. The minimum Gasteiger partial charge on any atom is -0.472 e. The third-order valence-electron chi connectivity index (χ3n) is 4.25. The first-order valence-electron chi connectivity index (χ1n) is 8.21. The van der Waals surface area contributed by atoms with E-state index in [0.717, 1.165) is 12.8 Å². The lowest BCUT2D eigenvalue weighted by atomic mass is 9.92. The molecule has 4 N–H and O–H groups in total. The van der Waals surface area contributed by atoms with Crippen molar-refractivity contribution in [2.24, 2.45) is 11.7 Å². The Balaban J connectivity index is 1.61. The van der Waals surface area contributed by atoms with Crippen LogP contribution in [0, 0.1) is 5.92 Å². The van der Waals surface area contributed by atoms with Crippen molar-refractivity contribution in [3.8, 4) is 0 Å². The topological polar surface area (TPSA) is 107 Å². The summed E-state index contributed by atoms with van der Waals surface area (Å²) in [6.45, 7) is 1.28. The lowest BCUT2D eigenvalue weighted by Crippen LogP contribution is -2.44. The molecule has 0 bridgehead atoms. The Morgan fingerprint density at radius 3 is 2.52 bits per heavy atom. The average Bonchev–Trinajstić information content (AvgIpc) is 3.17. The Bertz CT molecular complexity index is 724. The molecule has 1 saturated heterocycles. The molecule has 0 aliphatic carbocycles. The number of anilines is 2. The molecular weight excluding hydrogens is 322 g/mol. The molecular formula is C18H21N3O4. The van der Waals surface area contributed by atoms with Gasteiger partial charge in [0.25, 0.3) is 5.91 Å². The number of furan rings is 1. The number of carbonyl (C=O) groups excluding carboxylic acids is 2. The van der Waals surface area contributed by atoms with Crippen molar-refractivity contribution >= 4 is 23.2 Å². The number of ether oxygens (including phenoxy) is 1. The molecule has 3 rings (SSSR count). The maximum atomic E-state index is 12.4. The maximum absolute atomic E-state index is 12.4. The highest BCUT2D eigenvalue weighted by Gasteiger charge is 2.26. The highest BCUT2D eigenvalue weighted by molar-refractivity contribution is 6.04. The maximum Gasteiger partial charge on any atom is 0.258 e. The van der Waals surface area contributed by atoms with E-state index < -0.39 is 6.04 Å². The zero-order valence-electron chi connectivity index (χ0n) is 13.7. The number of rotatable bonds is 5. The minimum absolute atomic E-state index is 0.123. The van der Waals surface area contributed by atoms with Gasteiger partial charge in [-0.1, -0.05) is 6.07 Å². The Hall–Kier alpha value is -2.64. The summed E-state index contributed by atoms with van der Waals surface area (Å²) in [6.07, 6.45) is 4.38. The van der Waals surface area contributed by atoms with Gasteiger partial charge < -0.3 is 25.5 Å². The van der Waals surface area contributed by atoms with Gasteiger partial charge in [-0.2, -0.15) is 0 Å². The van der Waals surface area contributed by atoms with E-state index in [0.29, 0.717) is 30.2 Å². The predicted molar refractivity (Wildman–Crippen MR) is 93.3 cm³/mol. The minimum atomic E-state index is -0.576. The van der Waals surface area contributed by atoms with E-state index in [1.807, 2.05) is 0 Å². The molecule has 25 heavy (non-hydrogen) atoms. The van der Waals surface area contributed by atoms with E-state index in [-0.39, 0.29) is 17.7 Å². The van der Waals surface area contributed by atoms with E-state index in [2.05, 4.69) is 10.6 Å². The molecule has 1 aliphatic heterocycles. The van der Waals surface area contributed by atoms with Gasteiger partial charge in [0, 0.05) is 24.6 Å². The molecule has 1 unspecified atom stereocenters. The molecule has 2 heterocycles. The van der Waals surface area contributed by atoms with Crippen LogP contribution in [0.1, 0.15) is 23.2 Å². The van der Waals surface area contributed by atoms with E-state index in [1.165, 1.54) is 12.5 Å². The molecule has 2 aromatic rings. The third kappa shape index (κ3) is 4.46. The summed E-state index contributed by atoms with van der Waals surface area (Å²) in [4.78, 5) is 24.4. The van der Waals surface area contributed by atoms with Gasteiger partial charge in [0.1, 0.15) is 6.26 Å². The summed E-state index contributed by atoms with van der Waals surface area (Å²) in [7, 11) is 0. The van der Waals surface area contributed by atoms with Crippen molar-refractivity contribution in [3.05, 3.63) is 48.4 Å². The number of nitrogens with two attached hydrogens (primary N) is 1. The fraction of sp³-hybridized carbons (Fsp3) is 0.333. The molecule has 1 aromatic carbocycles. The van der Waals surface area contributed by atoms with E-state index in [4.69, 9.17) is 14.9 Å². The highest BCUT2D eigenvalue weighted by Crippen LogP contribution is 2.20. The van der Waals surface area contributed by atoms with Crippen LogP contribution in [0.5, 0.6) is 0 Å². The molecule has 132 valence electrons. The van der Waals surface area contributed by atoms with Crippen LogP contribution in [0.25, 0.3) is 0 Å². The van der Waals surface area contributed by atoms with Gasteiger partial charge in [0.05, 0.1) is 17.9 Å². The van der Waals surface area contributed by atoms with Gasteiger partial charge in [0.15, 0.2) is 0 Å². The first-order chi connectivity index (χ1) is 12.1. The number of hydrogen-bond donors (Lipinski definition) is 3. The second kappa shape index (κ2) is 7.96. The molecule has 1 aromatic heterocycles. The molecule has 1 atom stereocenters. The lowest BCUT2D eigenvalue weighted by Gasteiger charge is -2.26. The van der Waals surface area contributed by atoms with Crippen LogP contribution in [0.2, 0.25) is 0 Å². The average molecular weight is 343 g/mol. The second-order valence-electron chi connectivity index (χ2n) is 6.01. The Kier molecular flexibility index (Phi) is 5.47. The monoisotopic (exact) mass is 343 g/mol. The standard InChI is InChI=1S/C18H21N3O4/c19-16(12-4-7-24-8-5-12)18(23)21-15-3-1-2-14(10-15)20-17(22)13-6-9-25-11-13/h1-3,6,9-12,16H,4-5,7-8,19H2,(H,20,22)(H,21,23). The summed E-state index contributed by atoms with van der Waals surface area (Å²) < 4.78 is 10.2. The zero-order chi connectivity index (χ0) is 17.6. The number of benzene rings is 1. The van der Waals surface area contributed by atoms with Crippen molar-refractivity contribution in [2.45, 2.75) is 18.9 Å². The molecule has 1 aliphatic rings. The molecule has 2 amide bonds. The largest absolute Gasteiger partial charge is 0.472 e. The smallest absolute Gasteiger partial charge is 0.258 e. The van der Waals surface area contributed by atoms with Gasteiger partial charge in [-0.15, -0.1) is 0 Å². The molecule has 7 nitrogen and oxygen atoms in total. The van der Waals surface area contributed by atoms with Crippen molar-refractivity contribution in [2.75, 3.05) is 23.8 Å². The number of hydrogen-bond acceptors (Lipinski definition) is 5. The normalized spacial score (nSPS) is 16.2. The summed E-state index contributed by atoms with van der Waals surface area (Å²) in [6, 6.07) is 7.93. The van der Waals surface area contributed by atoms with Gasteiger partial charge in [0.2, 0.25) is 5.91 Å². The van der Waals surface area contributed by atoms with Crippen LogP contribution in [0.3, 0.4) is 0 Å². The molecule has 7 heteroatoms. The van der Waals surface area contributed by atoms with Crippen LogP contribution < -0.4 is 16.4 Å². The van der Waals surface area contributed by atoms with Crippen LogP contribution in [0.15, 0.2) is 47.3 Å². The van der Waals surface area contributed by atoms with Crippen LogP contribution >= 0.6 is 0 Å². The van der Waals surface area contributed by atoms with Crippen molar-refractivity contribution in [1.29, 1.82) is 0 Å². The van der Waals surface area contributed by atoms with Crippen molar-refractivity contribution in [1.82, 2.24) is 0 Å². The molecule has 0 spiro atoms. The summed E-state index contributed by atoms with van der Waals surface area (Å²) in [5, 5.41) is 5.57. The van der Waals surface area contributed by atoms with Crippen molar-refractivity contribution < 1.29 is 18.7 Å². The third-order valence-corrected chi connectivity index (χ3v) is 4.25. The predicted octanol–water partition coefficient (Wildman–Crippen LogP) is 2.22. The highest BCUT2D eigenvalue weighted by atomic mass is 16.5. The number of amides is 2. The van der Waals surface area contributed by atoms with E-state index in [9.17, 15) is 9.59 Å². The Labute approximate surface area is 145 Å². The molecule has 0 saturated carbocycles. The first kappa shape index (κ1) is 17.2. The quantitative estimate of drug-likeness (QED) is 0.772. The van der Waals surface area contributed by atoms with Crippen LogP contribution in [0.4, 0.5) is 11.4 Å². The lowest BCUT2D eigenvalue weighted by molar-refractivity contribution is -0.119. The zero-order valence-corrected chi connectivity index (χ0v) is 13.7. The summed E-state index contributed by atoms with van der Waals surface area (Å²) >= 11 is 0. The molecule has 0 radical (unpaired) electrons. The van der Waals surface area contributed by atoms with Gasteiger partial charge >= 0.3 is 0 Å². The summed E-state index contributed by atoms with van der Waals surface area (Å²) in [5.41, 5.74) is 7.66. The van der Waals surface area contributed by atoms with Crippen LogP contribution in [-0.4, -0.2) is 31.1 Å². The van der Waals surface area contributed by atoms with Crippen molar-refractivity contribution in [3.63, 3.8) is 0 Å². The second-order valence-corrected chi connectivity index (χ2v) is 6.01. The first-order valence-corrected chi connectivity index (χ1v) is 8.21. The SMILES string of the molecule is NC(C(=O)Nc1cccc(NC(=O)c2ccoc2)c1)C1CCOCC1. The van der Waals surface area contributed by atoms with E-state index >= 15 is 0 Å². The number of carbonyl (C=O) groups is 2. The Morgan fingerprint density at radius 2 is 1.84 bits per heavy atom. The van der Waals surface area contributed by atoms with Gasteiger partial charge in [-0.05, 0) is 43.0 Å².